The van der Waals surface area contributed by atoms with Gasteiger partial charge in [0, 0.05) is 5.41 Å². The number of hydrogen-bond donors (Lipinski definition) is 2. The van der Waals surface area contributed by atoms with Gasteiger partial charge in [0.2, 0.25) is 0 Å². The highest BCUT2D eigenvalue weighted by molar-refractivity contribution is 5.81. The highest BCUT2D eigenvalue weighted by atomic mass is 16.5. The van der Waals surface area contributed by atoms with E-state index >= 15 is 0 Å². The molecule has 0 radical (unpaired) electrons. The first-order valence-corrected chi connectivity index (χ1v) is 14.8. The largest absolute Gasteiger partial charge is 0.394 e. The van der Waals surface area contributed by atoms with Crippen LogP contribution in [-0.4, -0.2) is 48.8 Å². The molecule has 2 aromatic rings. The minimum Gasteiger partial charge on any atom is -0.394 e. The fraction of sp³-hybridized carbons (Fsp3) is 0.636. The lowest BCUT2D eigenvalue weighted by atomic mass is 9.52. The topological polar surface area (TPSA) is 58.9 Å². The zero-order valence-corrected chi connectivity index (χ0v) is 22.8. The summed E-state index contributed by atoms with van der Waals surface area (Å²) in [6.45, 7) is 5.70. The van der Waals surface area contributed by atoms with Gasteiger partial charge in [-0.3, -0.25) is 0 Å². The summed E-state index contributed by atoms with van der Waals surface area (Å²) in [6.07, 6.45) is 9.55. The molecule has 0 aromatic heterocycles. The molecule has 2 saturated carbocycles. The summed E-state index contributed by atoms with van der Waals surface area (Å²) in [7, 11) is 0. The van der Waals surface area contributed by atoms with Crippen LogP contribution < -0.4 is 0 Å². The number of benzene rings is 2. The maximum absolute atomic E-state index is 9.38. The quantitative estimate of drug-likeness (QED) is 0.394. The number of fused-ring (bicyclic) bond motifs is 3. The second kappa shape index (κ2) is 12.0. The molecule has 0 heterocycles. The van der Waals surface area contributed by atoms with Crippen LogP contribution in [0.2, 0.25) is 0 Å². The van der Waals surface area contributed by atoms with Crippen LogP contribution in [0.1, 0.15) is 76.3 Å². The van der Waals surface area contributed by atoms with Crippen molar-refractivity contribution in [3.63, 3.8) is 0 Å². The molecule has 0 saturated heterocycles. The predicted molar refractivity (Wildman–Crippen MR) is 149 cm³/mol. The Kier molecular flexibility index (Phi) is 8.70. The number of aliphatic hydroxyl groups excluding tert-OH is 2. The van der Waals surface area contributed by atoms with Crippen molar-refractivity contribution in [3.8, 4) is 11.1 Å². The van der Waals surface area contributed by atoms with Gasteiger partial charge in [0.15, 0.2) is 0 Å². The molecule has 0 spiro atoms. The molecule has 0 bridgehead atoms. The molecule has 3 aliphatic rings. The monoisotopic (exact) mass is 506 g/mol. The van der Waals surface area contributed by atoms with Gasteiger partial charge in [-0.1, -0.05) is 75.2 Å². The Morgan fingerprint density at radius 2 is 1.11 bits per heavy atom. The molecule has 0 aliphatic heterocycles. The molecule has 2 aromatic carbocycles. The van der Waals surface area contributed by atoms with Crippen molar-refractivity contribution in [2.45, 2.75) is 82.8 Å². The minimum atomic E-state index is 0.0118. The average molecular weight is 507 g/mol. The van der Waals surface area contributed by atoms with Crippen LogP contribution in [0.5, 0.6) is 0 Å². The zero-order chi connectivity index (χ0) is 25.8. The van der Waals surface area contributed by atoms with Crippen molar-refractivity contribution in [3.05, 3.63) is 59.7 Å². The van der Waals surface area contributed by atoms with Crippen LogP contribution in [0.4, 0.5) is 0 Å². The molecular formula is C33H46O4. The van der Waals surface area contributed by atoms with Crippen molar-refractivity contribution in [1.82, 2.24) is 0 Å². The van der Waals surface area contributed by atoms with E-state index in [0.29, 0.717) is 36.9 Å². The summed E-state index contributed by atoms with van der Waals surface area (Å²) in [4.78, 5) is 0. The van der Waals surface area contributed by atoms with E-state index in [9.17, 15) is 10.2 Å². The summed E-state index contributed by atoms with van der Waals surface area (Å²) < 4.78 is 12.3. The van der Waals surface area contributed by atoms with Crippen LogP contribution in [0, 0.1) is 23.7 Å². The number of hydrogen-bond acceptors (Lipinski definition) is 4. The van der Waals surface area contributed by atoms with Gasteiger partial charge in [0.1, 0.15) is 0 Å². The second-order valence-electron chi connectivity index (χ2n) is 11.6. The molecule has 37 heavy (non-hydrogen) atoms. The van der Waals surface area contributed by atoms with Crippen molar-refractivity contribution in [1.29, 1.82) is 0 Å². The average Bonchev–Trinajstić information content (AvgIpc) is 3.26. The fourth-order valence-electron chi connectivity index (χ4n) is 8.52. The van der Waals surface area contributed by atoms with E-state index in [1.165, 1.54) is 24.0 Å². The Labute approximate surface area is 223 Å². The summed E-state index contributed by atoms with van der Waals surface area (Å²) in [5, 5.41) is 18.8. The summed E-state index contributed by atoms with van der Waals surface area (Å²) in [5.74, 6) is 2.17. The smallest absolute Gasteiger partial charge is 0.0701 e. The van der Waals surface area contributed by atoms with E-state index in [2.05, 4.69) is 62.4 Å². The first-order chi connectivity index (χ1) is 18.2. The van der Waals surface area contributed by atoms with Gasteiger partial charge in [0.25, 0.3) is 0 Å². The van der Waals surface area contributed by atoms with Crippen LogP contribution in [0.3, 0.4) is 0 Å². The van der Waals surface area contributed by atoms with E-state index < -0.39 is 0 Å². The van der Waals surface area contributed by atoms with Crippen LogP contribution in [-0.2, 0) is 14.9 Å². The normalized spacial score (nSPS) is 30.6. The zero-order valence-electron chi connectivity index (χ0n) is 22.8. The van der Waals surface area contributed by atoms with Crippen LogP contribution >= 0.6 is 0 Å². The molecule has 4 heteroatoms. The molecule has 5 rings (SSSR count). The van der Waals surface area contributed by atoms with Gasteiger partial charge in [-0.15, -0.1) is 0 Å². The van der Waals surface area contributed by atoms with Gasteiger partial charge in [-0.05, 0) is 84.5 Å². The highest BCUT2D eigenvalue weighted by Crippen LogP contribution is 2.63. The molecule has 0 amide bonds. The maximum atomic E-state index is 9.38. The van der Waals surface area contributed by atoms with Crippen molar-refractivity contribution in [2.24, 2.45) is 23.7 Å². The van der Waals surface area contributed by atoms with E-state index in [4.69, 9.17) is 9.47 Å². The minimum absolute atomic E-state index is 0.0118. The van der Waals surface area contributed by atoms with Crippen molar-refractivity contribution >= 4 is 0 Å². The van der Waals surface area contributed by atoms with Gasteiger partial charge in [-0.2, -0.15) is 0 Å². The Hall–Kier alpha value is -1.72. The molecule has 4 nitrogen and oxygen atoms in total. The van der Waals surface area contributed by atoms with Gasteiger partial charge < -0.3 is 19.7 Å². The maximum Gasteiger partial charge on any atom is 0.0701 e. The van der Waals surface area contributed by atoms with Crippen molar-refractivity contribution in [2.75, 3.05) is 26.4 Å². The number of ether oxygens (including phenoxy) is 2. The third-order valence-electron chi connectivity index (χ3n) is 10.0. The van der Waals surface area contributed by atoms with Gasteiger partial charge >= 0.3 is 0 Å². The SMILES string of the molecule is CCC1CC(C2(C3CCC(OCCO)C(CC)C3)c3ccccc3-c3ccccc32)CCC1OCCO. The number of rotatable bonds is 10. The molecular weight excluding hydrogens is 460 g/mol. The Balaban J connectivity index is 1.57. The summed E-state index contributed by atoms with van der Waals surface area (Å²) in [6, 6.07) is 18.5. The molecule has 3 aliphatic carbocycles. The number of aliphatic hydroxyl groups is 2. The standard InChI is InChI=1S/C33H46O4/c1-3-23-21-25(13-15-31(23)36-19-17-34)33(26-14-16-32(37-20-18-35)24(4-2)22-26)29-11-7-5-9-27(29)28-10-6-8-12-30(28)33/h5-12,23-26,31-32,34-35H,3-4,13-22H2,1-2H3. The fourth-order valence-corrected chi connectivity index (χ4v) is 8.52. The summed E-state index contributed by atoms with van der Waals surface area (Å²) in [5.41, 5.74) is 5.95. The van der Waals surface area contributed by atoms with E-state index in [-0.39, 0.29) is 30.8 Å². The van der Waals surface area contributed by atoms with Crippen molar-refractivity contribution < 1.29 is 19.7 Å². The van der Waals surface area contributed by atoms with Gasteiger partial charge in [-0.25, -0.2) is 0 Å². The van der Waals surface area contributed by atoms with Crippen LogP contribution in [0.15, 0.2) is 48.5 Å². The Morgan fingerprint density at radius 1 is 0.676 bits per heavy atom. The molecule has 6 atom stereocenters. The lowest BCUT2D eigenvalue weighted by Gasteiger charge is -2.52. The molecule has 202 valence electrons. The van der Waals surface area contributed by atoms with E-state index in [0.717, 1.165) is 38.5 Å². The third kappa shape index (κ3) is 4.80. The molecule has 2 N–H and O–H groups in total. The molecule has 2 fully saturated rings. The lowest BCUT2D eigenvalue weighted by molar-refractivity contribution is -0.0636. The first-order valence-electron chi connectivity index (χ1n) is 14.8. The summed E-state index contributed by atoms with van der Waals surface area (Å²) >= 11 is 0. The predicted octanol–water partition coefficient (Wildman–Crippen LogP) is 6.36. The lowest BCUT2D eigenvalue weighted by Crippen LogP contribution is -2.49. The van der Waals surface area contributed by atoms with Gasteiger partial charge in [0.05, 0.1) is 38.6 Å². The highest BCUT2D eigenvalue weighted by Gasteiger charge is 2.55. The molecule has 6 unspecified atom stereocenters. The van der Waals surface area contributed by atoms with E-state index in [1.54, 1.807) is 11.1 Å². The van der Waals surface area contributed by atoms with Crippen LogP contribution in [0.25, 0.3) is 11.1 Å². The van der Waals surface area contributed by atoms with E-state index in [1.807, 2.05) is 0 Å². The Morgan fingerprint density at radius 3 is 1.51 bits per heavy atom. The second-order valence-corrected chi connectivity index (χ2v) is 11.6. The Bertz CT molecular complexity index is 937. The third-order valence-corrected chi connectivity index (χ3v) is 10.0. The first kappa shape index (κ1) is 26.9.